The molecule has 1 saturated heterocycles. The van der Waals surface area contributed by atoms with Crippen molar-refractivity contribution in [1.29, 1.82) is 0 Å². The van der Waals surface area contributed by atoms with E-state index in [9.17, 15) is 5.11 Å². The van der Waals surface area contributed by atoms with Crippen LogP contribution in [0.25, 0.3) is 0 Å². The highest BCUT2D eigenvalue weighted by atomic mass is 16.5. The third kappa shape index (κ3) is 4.68. The number of benzene rings is 3. The Labute approximate surface area is 167 Å². The molecule has 0 unspecified atom stereocenters. The maximum atomic E-state index is 10.8. The van der Waals surface area contributed by atoms with Crippen LogP contribution < -0.4 is 0 Å². The van der Waals surface area contributed by atoms with Crippen molar-refractivity contribution in [2.45, 2.75) is 37.8 Å². The van der Waals surface area contributed by atoms with Crippen molar-refractivity contribution in [2.24, 2.45) is 0 Å². The Hall–Kier alpha value is -2.46. The van der Waals surface area contributed by atoms with Crippen LogP contribution in [-0.4, -0.2) is 34.8 Å². The lowest BCUT2D eigenvalue weighted by molar-refractivity contribution is -0.0364. The second-order valence-electron chi connectivity index (χ2n) is 7.50. The molecule has 0 saturated carbocycles. The van der Waals surface area contributed by atoms with Crippen LogP contribution >= 0.6 is 0 Å². The van der Waals surface area contributed by atoms with Crippen molar-refractivity contribution >= 4 is 0 Å². The standard InChI is InChI=1S/C25H27NO2/c27-24-18-26(17-21-12-6-2-7-13-21)23(16-20-10-4-1-5-11-20)25(24)28-19-22-14-8-3-9-15-22/h1-15,23-25,27H,16-19H2/t23-,24+,25+/m1/s1. The van der Waals surface area contributed by atoms with Gasteiger partial charge in [-0.15, -0.1) is 0 Å². The van der Waals surface area contributed by atoms with Gasteiger partial charge in [0.1, 0.15) is 6.10 Å². The van der Waals surface area contributed by atoms with Crippen LogP contribution in [0.5, 0.6) is 0 Å². The van der Waals surface area contributed by atoms with Crippen LogP contribution in [0.4, 0.5) is 0 Å². The lowest BCUT2D eigenvalue weighted by Gasteiger charge is -2.28. The summed E-state index contributed by atoms with van der Waals surface area (Å²) in [5, 5.41) is 10.8. The molecule has 0 spiro atoms. The third-order valence-electron chi connectivity index (χ3n) is 5.45. The molecule has 3 aromatic rings. The van der Waals surface area contributed by atoms with Gasteiger partial charge >= 0.3 is 0 Å². The average molecular weight is 373 g/mol. The first-order valence-electron chi connectivity index (χ1n) is 9.95. The molecule has 1 N–H and O–H groups in total. The van der Waals surface area contributed by atoms with Gasteiger partial charge in [0, 0.05) is 19.1 Å². The van der Waals surface area contributed by atoms with Crippen LogP contribution in [0.2, 0.25) is 0 Å². The molecule has 0 amide bonds. The fraction of sp³-hybridized carbons (Fsp3) is 0.280. The van der Waals surface area contributed by atoms with E-state index in [0.29, 0.717) is 13.2 Å². The van der Waals surface area contributed by atoms with Gasteiger partial charge < -0.3 is 9.84 Å². The number of rotatable bonds is 7. The van der Waals surface area contributed by atoms with E-state index < -0.39 is 6.10 Å². The first-order valence-corrected chi connectivity index (χ1v) is 9.95. The molecule has 4 rings (SSSR count). The molecule has 0 aromatic heterocycles. The van der Waals surface area contributed by atoms with Gasteiger partial charge in [-0.05, 0) is 23.1 Å². The molecule has 0 radical (unpaired) electrons. The molecule has 3 nitrogen and oxygen atoms in total. The van der Waals surface area contributed by atoms with E-state index in [0.717, 1.165) is 18.5 Å². The number of likely N-dealkylation sites (tertiary alicyclic amines) is 1. The summed E-state index contributed by atoms with van der Waals surface area (Å²) in [5.74, 6) is 0. The highest BCUT2D eigenvalue weighted by Gasteiger charge is 2.41. The third-order valence-corrected chi connectivity index (χ3v) is 5.45. The molecular weight excluding hydrogens is 346 g/mol. The lowest BCUT2D eigenvalue weighted by atomic mass is 10.0. The second kappa shape index (κ2) is 9.16. The predicted octanol–water partition coefficient (Wildman–Crippen LogP) is 4.06. The molecular formula is C25H27NO2. The zero-order valence-corrected chi connectivity index (χ0v) is 16.0. The highest BCUT2D eigenvalue weighted by molar-refractivity contribution is 5.20. The van der Waals surface area contributed by atoms with E-state index >= 15 is 0 Å². The lowest BCUT2D eigenvalue weighted by Crippen LogP contribution is -2.39. The molecule has 3 heteroatoms. The first-order chi connectivity index (χ1) is 13.8. The Morgan fingerprint density at radius 1 is 0.750 bits per heavy atom. The molecule has 1 heterocycles. The Balaban J connectivity index is 1.52. The number of ether oxygens (including phenoxy) is 1. The topological polar surface area (TPSA) is 32.7 Å². The quantitative estimate of drug-likeness (QED) is 0.678. The fourth-order valence-corrected chi connectivity index (χ4v) is 4.03. The van der Waals surface area contributed by atoms with E-state index in [4.69, 9.17) is 4.74 Å². The summed E-state index contributed by atoms with van der Waals surface area (Å²) in [7, 11) is 0. The minimum Gasteiger partial charge on any atom is -0.389 e. The number of aliphatic hydroxyl groups excluding tert-OH is 1. The van der Waals surface area contributed by atoms with Crippen molar-refractivity contribution in [1.82, 2.24) is 4.90 Å². The first kappa shape index (κ1) is 18.9. The van der Waals surface area contributed by atoms with Crippen molar-refractivity contribution in [3.63, 3.8) is 0 Å². The summed E-state index contributed by atoms with van der Waals surface area (Å²) in [6.45, 7) is 1.97. The number of β-amino-alcohol motifs (C(OH)–C–C–N with tert-alkyl or cyclic N) is 1. The van der Waals surface area contributed by atoms with Gasteiger partial charge in [-0.1, -0.05) is 91.0 Å². The zero-order valence-electron chi connectivity index (χ0n) is 16.0. The monoisotopic (exact) mass is 373 g/mol. The fourth-order valence-electron chi connectivity index (χ4n) is 4.03. The Kier molecular flexibility index (Phi) is 6.17. The molecule has 3 aromatic carbocycles. The van der Waals surface area contributed by atoms with Crippen molar-refractivity contribution < 1.29 is 9.84 Å². The summed E-state index contributed by atoms with van der Waals surface area (Å²) >= 11 is 0. The van der Waals surface area contributed by atoms with E-state index in [-0.39, 0.29) is 12.1 Å². The van der Waals surface area contributed by atoms with E-state index in [2.05, 4.69) is 65.6 Å². The van der Waals surface area contributed by atoms with Crippen LogP contribution in [0.15, 0.2) is 91.0 Å². The van der Waals surface area contributed by atoms with Gasteiger partial charge in [-0.3, -0.25) is 4.90 Å². The number of aliphatic hydroxyl groups is 1. The van der Waals surface area contributed by atoms with Gasteiger partial charge in [0.05, 0.1) is 12.7 Å². The molecule has 1 fully saturated rings. The minimum atomic E-state index is -0.485. The molecule has 1 aliphatic rings. The molecule has 0 bridgehead atoms. The Bertz CT molecular complexity index is 838. The molecule has 144 valence electrons. The summed E-state index contributed by atoms with van der Waals surface area (Å²) in [5.41, 5.74) is 3.67. The summed E-state index contributed by atoms with van der Waals surface area (Å²) in [4.78, 5) is 2.36. The molecule has 0 aliphatic carbocycles. The van der Waals surface area contributed by atoms with Crippen LogP contribution in [0.1, 0.15) is 16.7 Å². The number of hydrogen-bond acceptors (Lipinski definition) is 3. The normalized spacial score (nSPS) is 22.4. The number of hydrogen-bond donors (Lipinski definition) is 1. The largest absolute Gasteiger partial charge is 0.389 e. The van der Waals surface area contributed by atoms with Crippen molar-refractivity contribution in [3.8, 4) is 0 Å². The minimum absolute atomic E-state index is 0.140. The maximum absolute atomic E-state index is 10.8. The SMILES string of the molecule is O[C@H]1CN(Cc2ccccc2)[C@H](Cc2ccccc2)[C@@H]1OCc1ccccc1. The number of nitrogens with zero attached hydrogens (tertiary/aromatic N) is 1. The Morgan fingerprint density at radius 3 is 1.89 bits per heavy atom. The van der Waals surface area contributed by atoms with Crippen LogP contribution in [0, 0.1) is 0 Å². The van der Waals surface area contributed by atoms with Gasteiger partial charge in [0.25, 0.3) is 0 Å². The average Bonchev–Trinajstić information content (AvgIpc) is 3.03. The van der Waals surface area contributed by atoms with Crippen LogP contribution in [0.3, 0.4) is 0 Å². The highest BCUT2D eigenvalue weighted by Crippen LogP contribution is 2.27. The van der Waals surface area contributed by atoms with Crippen molar-refractivity contribution in [2.75, 3.05) is 6.54 Å². The van der Waals surface area contributed by atoms with Crippen molar-refractivity contribution in [3.05, 3.63) is 108 Å². The molecule has 1 aliphatic heterocycles. The van der Waals surface area contributed by atoms with Gasteiger partial charge in [0.2, 0.25) is 0 Å². The summed E-state index contributed by atoms with van der Waals surface area (Å²) < 4.78 is 6.26. The second-order valence-corrected chi connectivity index (χ2v) is 7.50. The molecule has 3 atom stereocenters. The van der Waals surface area contributed by atoms with E-state index in [1.54, 1.807) is 0 Å². The zero-order chi connectivity index (χ0) is 19.2. The van der Waals surface area contributed by atoms with Crippen LogP contribution in [-0.2, 0) is 24.3 Å². The Morgan fingerprint density at radius 2 is 1.29 bits per heavy atom. The smallest absolute Gasteiger partial charge is 0.101 e. The predicted molar refractivity (Wildman–Crippen MR) is 112 cm³/mol. The maximum Gasteiger partial charge on any atom is 0.101 e. The summed E-state index contributed by atoms with van der Waals surface area (Å²) in [6.07, 6.45) is 0.176. The summed E-state index contributed by atoms with van der Waals surface area (Å²) in [6, 6.07) is 31.3. The van der Waals surface area contributed by atoms with E-state index in [1.165, 1.54) is 11.1 Å². The molecule has 28 heavy (non-hydrogen) atoms. The van der Waals surface area contributed by atoms with Gasteiger partial charge in [0.15, 0.2) is 0 Å². The van der Waals surface area contributed by atoms with Gasteiger partial charge in [-0.2, -0.15) is 0 Å². The van der Waals surface area contributed by atoms with E-state index in [1.807, 2.05) is 30.3 Å². The van der Waals surface area contributed by atoms with Gasteiger partial charge in [-0.25, -0.2) is 0 Å².